The summed E-state index contributed by atoms with van der Waals surface area (Å²) >= 11 is 3.40. The molecule has 0 spiro atoms. The fourth-order valence-corrected chi connectivity index (χ4v) is 1.53. The van der Waals surface area contributed by atoms with E-state index >= 15 is 0 Å². The van der Waals surface area contributed by atoms with Crippen molar-refractivity contribution in [1.82, 2.24) is 0 Å². The van der Waals surface area contributed by atoms with Crippen molar-refractivity contribution in [1.29, 1.82) is 0 Å². The maximum absolute atomic E-state index is 5.63. The molecule has 2 aromatic rings. The molecule has 15 heavy (non-hydrogen) atoms. The zero-order valence-corrected chi connectivity index (χ0v) is 11.2. The van der Waals surface area contributed by atoms with Crippen LogP contribution < -0.4 is 4.74 Å². The topological polar surface area (TPSA) is 9.23 Å². The average molecular weight is 275 g/mol. The van der Waals surface area contributed by atoms with Crippen molar-refractivity contribution >= 4 is 39.0 Å². The Balaban J connectivity index is 0. The third-order valence-corrected chi connectivity index (χ3v) is 2.27. The summed E-state index contributed by atoms with van der Waals surface area (Å²) in [6, 6.07) is 17.5. The molecule has 0 aliphatic heterocycles. The molecule has 0 radical (unpaired) electrons. The molecule has 0 atom stereocenters. The summed E-state index contributed by atoms with van der Waals surface area (Å²) in [5, 5.41) is 0. The number of halogens is 1. The Hall–Kier alpha value is -0.514. The maximum atomic E-state index is 5.63. The zero-order valence-electron chi connectivity index (χ0n) is 10.2. The van der Waals surface area contributed by atoms with E-state index in [9.17, 15) is 0 Å². The van der Waals surface area contributed by atoms with Crippen molar-refractivity contribution in [3.8, 4) is 11.5 Å². The Bertz CT molecular complexity index is 426. The van der Waals surface area contributed by atoms with Crippen LogP contribution in [-0.2, 0) is 0 Å². The first kappa shape index (κ1) is 12.6. The summed E-state index contributed by atoms with van der Waals surface area (Å²) in [5.74, 6) is 1.69. The monoisotopic (exact) mass is 274 g/mol. The molecule has 0 bridgehead atoms. The fourth-order valence-electron chi connectivity index (χ4n) is 1.16. The predicted octanol–water partition coefficient (Wildman–Crippen LogP) is 4.09. The van der Waals surface area contributed by atoms with E-state index in [0.29, 0.717) is 0 Å². The number of para-hydroxylation sites is 1. The molecule has 0 heterocycles. The molecule has 3 heteroatoms. The molecule has 74 valence electrons. The van der Waals surface area contributed by atoms with Gasteiger partial charge in [-0.2, -0.15) is 0 Å². The van der Waals surface area contributed by atoms with Gasteiger partial charge in [-0.25, -0.2) is 0 Å². The second kappa shape index (κ2) is 6.15. The summed E-state index contributed by atoms with van der Waals surface area (Å²) in [7, 11) is 0. The molecular weight excluding hydrogens is 264 g/mol. The van der Waals surface area contributed by atoms with E-state index in [0.717, 1.165) is 16.0 Å². The van der Waals surface area contributed by atoms with Crippen molar-refractivity contribution in [3.63, 3.8) is 0 Å². The Kier molecular flexibility index (Phi) is 5.15. The normalized spacial score (nSPS) is 9.13. The number of ether oxygens (including phenoxy) is 1. The van der Waals surface area contributed by atoms with Gasteiger partial charge in [-0.1, -0.05) is 40.2 Å². The predicted molar refractivity (Wildman–Crippen MR) is 68.6 cm³/mol. The number of rotatable bonds is 2. The van der Waals surface area contributed by atoms with Gasteiger partial charge in [0.25, 0.3) is 0 Å². The minimum atomic E-state index is 0. The summed E-state index contributed by atoms with van der Waals surface area (Å²) < 4.78 is 6.65. The van der Waals surface area contributed by atoms with Crippen molar-refractivity contribution in [2.75, 3.05) is 0 Å². The first-order chi connectivity index (χ1) is 6.84. The van der Waals surface area contributed by atoms with Crippen LogP contribution in [0.4, 0.5) is 0 Å². The van der Waals surface area contributed by atoms with Crippen LogP contribution in [0.25, 0.3) is 0 Å². The number of hydrogen-bond donors (Lipinski definition) is 0. The summed E-state index contributed by atoms with van der Waals surface area (Å²) in [5.41, 5.74) is 0. The van der Waals surface area contributed by atoms with E-state index in [2.05, 4.69) is 15.9 Å². The third kappa shape index (κ3) is 3.85. The smallest absolute Gasteiger partial charge is 1.00 e. The van der Waals surface area contributed by atoms with Gasteiger partial charge in [0, 0.05) is 4.47 Å². The Labute approximate surface area is 117 Å². The van der Waals surface area contributed by atoms with Crippen LogP contribution in [0.15, 0.2) is 59.1 Å². The van der Waals surface area contributed by atoms with Gasteiger partial charge >= 0.3 is 23.1 Å². The second-order valence-corrected chi connectivity index (χ2v) is 3.79. The van der Waals surface area contributed by atoms with Crippen molar-refractivity contribution in [2.45, 2.75) is 0 Å². The van der Waals surface area contributed by atoms with Crippen molar-refractivity contribution < 1.29 is 7.59 Å². The molecule has 0 saturated heterocycles. The van der Waals surface area contributed by atoms with E-state index in [1.807, 2.05) is 54.6 Å². The van der Waals surface area contributed by atoms with E-state index in [1.165, 1.54) is 0 Å². The van der Waals surface area contributed by atoms with E-state index in [1.54, 1.807) is 0 Å². The molecule has 1 nitrogen and oxygen atoms in total. The molecule has 0 aliphatic rings. The minimum absolute atomic E-state index is 0. The average Bonchev–Trinajstić information content (AvgIpc) is 2.19. The first-order valence-electron chi connectivity index (χ1n) is 4.33. The Morgan fingerprint density at radius 2 is 1.53 bits per heavy atom. The standard InChI is InChI=1S/C12H9BrO.Mg.2H/c13-10-5-4-8-12(9-10)14-11-6-2-1-3-7-11;;;/h1-9H;;;/q;+2;2*-1. The Morgan fingerprint density at radius 3 is 2.20 bits per heavy atom. The van der Waals surface area contributed by atoms with Gasteiger partial charge in [0.15, 0.2) is 0 Å². The summed E-state index contributed by atoms with van der Waals surface area (Å²) in [6.45, 7) is 0. The maximum Gasteiger partial charge on any atom is 2.00 e. The molecule has 0 N–H and O–H groups in total. The SMILES string of the molecule is Brc1cccc(Oc2ccccc2)c1.[H-].[H-].[Mg+2]. The van der Waals surface area contributed by atoms with Gasteiger partial charge in [-0.05, 0) is 30.3 Å². The van der Waals surface area contributed by atoms with Gasteiger partial charge in [0.05, 0.1) is 0 Å². The van der Waals surface area contributed by atoms with Crippen LogP contribution in [0.2, 0.25) is 0 Å². The van der Waals surface area contributed by atoms with Crippen molar-refractivity contribution in [3.05, 3.63) is 59.1 Å². The molecule has 2 rings (SSSR count). The van der Waals surface area contributed by atoms with Crippen LogP contribution in [0.5, 0.6) is 11.5 Å². The van der Waals surface area contributed by atoms with E-state index in [4.69, 9.17) is 4.74 Å². The van der Waals surface area contributed by atoms with Gasteiger partial charge in [0.1, 0.15) is 11.5 Å². The first-order valence-corrected chi connectivity index (χ1v) is 5.12. The molecule has 0 fully saturated rings. The minimum Gasteiger partial charge on any atom is -1.00 e. The molecule has 0 unspecified atom stereocenters. The second-order valence-electron chi connectivity index (χ2n) is 2.87. The summed E-state index contributed by atoms with van der Waals surface area (Å²) in [4.78, 5) is 0. The number of hydrogen-bond acceptors (Lipinski definition) is 1. The van der Waals surface area contributed by atoms with Gasteiger partial charge < -0.3 is 7.59 Å². The van der Waals surface area contributed by atoms with Crippen LogP contribution in [0.1, 0.15) is 2.85 Å². The van der Waals surface area contributed by atoms with Gasteiger partial charge in [0.2, 0.25) is 0 Å². The molecule has 0 saturated carbocycles. The van der Waals surface area contributed by atoms with Crippen LogP contribution >= 0.6 is 15.9 Å². The van der Waals surface area contributed by atoms with Crippen LogP contribution in [-0.4, -0.2) is 23.1 Å². The Morgan fingerprint density at radius 1 is 0.867 bits per heavy atom. The van der Waals surface area contributed by atoms with Crippen LogP contribution in [0.3, 0.4) is 0 Å². The molecule has 0 aliphatic carbocycles. The van der Waals surface area contributed by atoms with E-state index in [-0.39, 0.29) is 25.9 Å². The molecular formula is C12H11BrMgO. The summed E-state index contributed by atoms with van der Waals surface area (Å²) in [6.07, 6.45) is 0. The molecule has 0 amide bonds. The van der Waals surface area contributed by atoms with E-state index < -0.39 is 0 Å². The zero-order chi connectivity index (χ0) is 9.80. The van der Waals surface area contributed by atoms with Gasteiger partial charge in [-0.15, -0.1) is 0 Å². The quantitative estimate of drug-likeness (QED) is 0.750. The fraction of sp³-hybridized carbons (Fsp3) is 0. The van der Waals surface area contributed by atoms with Gasteiger partial charge in [-0.3, -0.25) is 0 Å². The number of benzene rings is 2. The molecule has 0 aromatic heterocycles. The molecule has 2 aromatic carbocycles. The van der Waals surface area contributed by atoms with Crippen LogP contribution in [0, 0.1) is 0 Å². The largest absolute Gasteiger partial charge is 2.00 e. The third-order valence-electron chi connectivity index (χ3n) is 1.77. The van der Waals surface area contributed by atoms with Crippen molar-refractivity contribution in [2.24, 2.45) is 0 Å².